The average molecular weight is 354 g/mol. The maximum absolute atomic E-state index is 4.58. The Labute approximate surface area is 133 Å². The Morgan fingerprint density at radius 2 is 2.25 bits per heavy atom. The second-order valence-corrected chi connectivity index (χ2v) is 7.06. The minimum Gasteiger partial charge on any atom is -0.354 e. The molecule has 108 valence electrons. The Bertz CT molecular complexity index is 540. The molecule has 2 heterocycles. The highest BCUT2D eigenvalue weighted by molar-refractivity contribution is 9.10. The molecule has 1 N–H and O–H groups in total. The third-order valence-corrected chi connectivity index (χ3v) is 4.24. The highest BCUT2D eigenvalue weighted by Gasteiger charge is 2.11. The van der Waals surface area contributed by atoms with E-state index in [1.54, 1.807) is 11.3 Å². The molecule has 3 nitrogen and oxygen atoms in total. The van der Waals surface area contributed by atoms with Gasteiger partial charge in [0.1, 0.15) is 5.82 Å². The van der Waals surface area contributed by atoms with Crippen molar-refractivity contribution in [3.05, 3.63) is 44.7 Å². The summed E-state index contributed by atoms with van der Waals surface area (Å²) in [6, 6.07) is 6.85. The molecule has 20 heavy (non-hydrogen) atoms. The van der Waals surface area contributed by atoms with Gasteiger partial charge in [-0.05, 0) is 33.4 Å². The van der Waals surface area contributed by atoms with Crippen LogP contribution in [0.5, 0.6) is 0 Å². The molecular formula is C15H20BrN3S. The van der Waals surface area contributed by atoms with E-state index in [-0.39, 0.29) is 0 Å². The van der Waals surface area contributed by atoms with Crippen LogP contribution < -0.4 is 10.2 Å². The van der Waals surface area contributed by atoms with Crippen molar-refractivity contribution in [2.45, 2.75) is 33.0 Å². The lowest BCUT2D eigenvalue weighted by atomic mass is 10.2. The number of hydrogen-bond acceptors (Lipinski definition) is 4. The van der Waals surface area contributed by atoms with E-state index in [9.17, 15) is 0 Å². The zero-order valence-electron chi connectivity index (χ0n) is 12.1. The van der Waals surface area contributed by atoms with Crippen molar-refractivity contribution in [1.82, 2.24) is 10.3 Å². The molecule has 0 radical (unpaired) electrons. The maximum Gasteiger partial charge on any atom is 0.133 e. The zero-order chi connectivity index (χ0) is 14.5. The molecule has 0 aliphatic carbocycles. The first kappa shape index (κ1) is 15.5. The van der Waals surface area contributed by atoms with Gasteiger partial charge in [0, 0.05) is 40.7 Å². The van der Waals surface area contributed by atoms with E-state index in [4.69, 9.17) is 0 Å². The van der Waals surface area contributed by atoms with Gasteiger partial charge in [0.15, 0.2) is 0 Å². The molecule has 0 spiro atoms. The number of aromatic nitrogens is 1. The van der Waals surface area contributed by atoms with Crippen LogP contribution in [0.25, 0.3) is 0 Å². The second kappa shape index (κ2) is 7.20. The van der Waals surface area contributed by atoms with Crippen molar-refractivity contribution in [2.75, 3.05) is 11.9 Å². The summed E-state index contributed by atoms with van der Waals surface area (Å²) >= 11 is 5.29. The molecule has 0 saturated heterocycles. The van der Waals surface area contributed by atoms with Crippen molar-refractivity contribution in [2.24, 2.45) is 0 Å². The minimum absolute atomic E-state index is 0.462. The fraction of sp³-hybridized carbons (Fsp3) is 0.400. The number of rotatable bonds is 6. The number of hydrogen-bond donors (Lipinski definition) is 1. The van der Waals surface area contributed by atoms with Gasteiger partial charge < -0.3 is 10.2 Å². The van der Waals surface area contributed by atoms with Crippen molar-refractivity contribution in [3.63, 3.8) is 0 Å². The third-order valence-electron chi connectivity index (χ3n) is 2.94. The molecule has 0 amide bonds. The smallest absolute Gasteiger partial charge is 0.133 e. The van der Waals surface area contributed by atoms with Crippen LogP contribution in [0.3, 0.4) is 0 Å². The van der Waals surface area contributed by atoms with E-state index in [1.165, 1.54) is 10.4 Å². The SMILES string of the molecule is CC(C)NCc1cc(Br)cnc1N(C)Cc1cccs1. The summed E-state index contributed by atoms with van der Waals surface area (Å²) < 4.78 is 1.02. The Morgan fingerprint density at radius 1 is 1.45 bits per heavy atom. The molecule has 0 aromatic carbocycles. The van der Waals surface area contributed by atoms with Crippen molar-refractivity contribution < 1.29 is 0 Å². The Balaban J connectivity index is 2.16. The number of pyridine rings is 1. The van der Waals surface area contributed by atoms with Gasteiger partial charge in [-0.3, -0.25) is 0 Å². The van der Waals surface area contributed by atoms with Crippen LogP contribution in [0.1, 0.15) is 24.3 Å². The van der Waals surface area contributed by atoms with E-state index >= 15 is 0 Å². The Hall–Kier alpha value is -0.910. The number of nitrogens with zero attached hydrogens (tertiary/aromatic N) is 2. The number of anilines is 1. The fourth-order valence-electron chi connectivity index (χ4n) is 1.97. The standard InChI is InChI=1S/C15H20BrN3S/c1-11(2)17-8-12-7-13(16)9-18-15(12)19(3)10-14-5-4-6-20-14/h4-7,9,11,17H,8,10H2,1-3H3. The topological polar surface area (TPSA) is 28.2 Å². The minimum atomic E-state index is 0.462. The summed E-state index contributed by atoms with van der Waals surface area (Å²) in [5, 5.41) is 5.57. The predicted octanol–water partition coefficient (Wildman–Crippen LogP) is 4.04. The molecule has 0 aliphatic heterocycles. The summed E-state index contributed by atoms with van der Waals surface area (Å²) in [5.41, 5.74) is 1.21. The fourth-order valence-corrected chi connectivity index (χ4v) is 3.11. The first-order valence-electron chi connectivity index (χ1n) is 6.67. The molecule has 2 aromatic heterocycles. The highest BCUT2D eigenvalue weighted by atomic mass is 79.9. The van der Waals surface area contributed by atoms with E-state index in [0.29, 0.717) is 6.04 Å². The molecule has 0 bridgehead atoms. The van der Waals surface area contributed by atoms with E-state index in [2.05, 4.69) is 75.6 Å². The van der Waals surface area contributed by atoms with Crippen LogP contribution in [0, 0.1) is 0 Å². The third kappa shape index (κ3) is 4.30. The van der Waals surface area contributed by atoms with Gasteiger partial charge >= 0.3 is 0 Å². The molecular weight excluding hydrogens is 334 g/mol. The van der Waals surface area contributed by atoms with E-state index in [1.807, 2.05) is 6.20 Å². The van der Waals surface area contributed by atoms with Crippen LogP contribution in [-0.4, -0.2) is 18.1 Å². The monoisotopic (exact) mass is 353 g/mol. The molecule has 0 unspecified atom stereocenters. The molecule has 0 fully saturated rings. The number of nitrogens with one attached hydrogen (secondary N) is 1. The number of thiophene rings is 1. The number of halogens is 1. The maximum atomic E-state index is 4.58. The second-order valence-electron chi connectivity index (χ2n) is 5.11. The van der Waals surface area contributed by atoms with E-state index in [0.717, 1.165) is 23.4 Å². The first-order chi connectivity index (χ1) is 9.56. The van der Waals surface area contributed by atoms with Gasteiger partial charge in [0.2, 0.25) is 0 Å². The Morgan fingerprint density at radius 3 is 2.90 bits per heavy atom. The van der Waals surface area contributed by atoms with Crippen LogP contribution in [0.2, 0.25) is 0 Å². The Kier molecular flexibility index (Phi) is 5.57. The van der Waals surface area contributed by atoms with Crippen LogP contribution in [0.15, 0.2) is 34.2 Å². The average Bonchev–Trinajstić information content (AvgIpc) is 2.89. The highest BCUT2D eigenvalue weighted by Crippen LogP contribution is 2.23. The predicted molar refractivity (Wildman–Crippen MR) is 90.3 cm³/mol. The van der Waals surface area contributed by atoms with Crippen molar-refractivity contribution in [3.8, 4) is 0 Å². The summed E-state index contributed by atoms with van der Waals surface area (Å²) in [5.74, 6) is 1.04. The largest absolute Gasteiger partial charge is 0.354 e. The first-order valence-corrected chi connectivity index (χ1v) is 8.35. The normalized spacial score (nSPS) is 11.1. The van der Waals surface area contributed by atoms with Gasteiger partial charge in [-0.2, -0.15) is 0 Å². The lowest BCUT2D eigenvalue weighted by Crippen LogP contribution is -2.25. The van der Waals surface area contributed by atoms with E-state index < -0.39 is 0 Å². The van der Waals surface area contributed by atoms with Gasteiger partial charge in [-0.15, -0.1) is 11.3 Å². The summed E-state index contributed by atoms with van der Waals surface area (Å²) in [7, 11) is 2.09. The van der Waals surface area contributed by atoms with Crippen molar-refractivity contribution >= 4 is 33.1 Å². The lowest BCUT2D eigenvalue weighted by Gasteiger charge is -2.21. The molecule has 0 aliphatic rings. The lowest BCUT2D eigenvalue weighted by molar-refractivity contribution is 0.587. The molecule has 2 rings (SSSR count). The summed E-state index contributed by atoms with van der Waals surface area (Å²) in [6.07, 6.45) is 1.86. The van der Waals surface area contributed by atoms with Gasteiger partial charge in [0.25, 0.3) is 0 Å². The molecule has 5 heteroatoms. The summed E-state index contributed by atoms with van der Waals surface area (Å²) in [6.45, 7) is 6.02. The molecule has 2 aromatic rings. The van der Waals surface area contributed by atoms with Gasteiger partial charge in [-0.1, -0.05) is 19.9 Å². The van der Waals surface area contributed by atoms with Gasteiger partial charge in [0.05, 0.1) is 6.54 Å². The quantitative estimate of drug-likeness (QED) is 0.849. The zero-order valence-corrected chi connectivity index (χ0v) is 14.5. The van der Waals surface area contributed by atoms with Gasteiger partial charge in [-0.25, -0.2) is 4.98 Å². The van der Waals surface area contributed by atoms with Crippen molar-refractivity contribution in [1.29, 1.82) is 0 Å². The molecule has 0 atom stereocenters. The van der Waals surface area contributed by atoms with Crippen LogP contribution >= 0.6 is 27.3 Å². The van der Waals surface area contributed by atoms with Crippen LogP contribution in [0.4, 0.5) is 5.82 Å². The van der Waals surface area contributed by atoms with Crippen LogP contribution in [-0.2, 0) is 13.1 Å². The summed E-state index contributed by atoms with van der Waals surface area (Å²) in [4.78, 5) is 8.13. The molecule has 0 saturated carbocycles.